The molecule has 0 aliphatic heterocycles. The Labute approximate surface area is 80.2 Å². The molecule has 3 nitrogen and oxygen atoms in total. The van der Waals surface area contributed by atoms with Crippen molar-refractivity contribution in [2.45, 2.75) is 26.5 Å². The molecular weight excluding hydrogens is 186 g/mol. The second-order valence-electron chi connectivity index (χ2n) is 2.89. The summed E-state index contributed by atoms with van der Waals surface area (Å²) in [5, 5.41) is 11.2. The SMILES string of the molecule is CC[s+]1c(C)c(C)c(C(=O)[O-])c1N. The lowest BCUT2D eigenvalue weighted by atomic mass is 10.2. The van der Waals surface area contributed by atoms with Gasteiger partial charge in [0, 0.05) is 23.0 Å². The molecule has 1 heterocycles. The van der Waals surface area contributed by atoms with Crippen LogP contribution in [-0.2, 0) is 5.75 Å². The number of aromatic carboxylic acids is 1. The predicted octanol–water partition coefficient (Wildman–Crippen LogP) is 1.02. The first-order valence-electron chi connectivity index (χ1n) is 4.10. The highest BCUT2D eigenvalue weighted by atomic mass is 32.2. The first-order chi connectivity index (χ1) is 6.00. The third kappa shape index (κ3) is 1.42. The Morgan fingerprint density at radius 2 is 2.08 bits per heavy atom. The van der Waals surface area contributed by atoms with Crippen LogP contribution in [0.25, 0.3) is 0 Å². The molecule has 0 aliphatic carbocycles. The number of hydrogen-bond donors (Lipinski definition) is 1. The summed E-state index contributed by atoms with van der Waals surface area (Å²) in [5.41, 5.74) is 6.74. The van der Waals surface area contributed by atoms with Crippen LogP contribution < -0.4 is 10.8 Å². The fourth-order valence-corrected chi connectivity index (χ4v) is 3.49. The van der Waals surface area contributed by atoms with Crippen LogP contribution in [0.3, 0.4) is 0 Å². The van der Waals surface area contributed by atoms with Crippen LogP contribution in [0.4, 0.5) is 5.00 Å². The molecular formula is C9H13NO2S. The zero-order valence-electron chi connectivity index (χ0n) is 8.01. The highest BCUT2D eigenvalue weighted by Gasteiger charge is 2.24. The fourth-order valence-electron chi connectivity index (χ4n) is 1.46. The topological polar surface area (TPSA) is 66.1 Å². The van der Waals surface area contributed by atoms with E-state index in [1.165, 1.54) is 0 Å². The van der Waals surface area contributed by atoms with Gasteiger partial charge in [-0.15, -0.1) is 0 Å². The monoisotopic (exact) mass is 199 g/mol. The Bertz CT molecular complexity index is 355. The van der Waals surface area contributed by atoms with Gasteiger partial charge in [-0.05, 0) is 13.8 Å². The molecule has 0 aliphatic rings. The van der Waals surface area contributed by atoms with E-state index in [2.05, 4.69) is 0 Å². The predicted molar refractivity (Wildman–Crippen MR) is 52.8 cm³/mol. The molecule has 0 spiro atoms. The van der Waals surface area contributed by atoms with E-state index in [0.29, 0.717) is 5.00 Å². The van der Waals surface area contributed by atoms with Crippen molar-refractivity contribution < 1.29 is 9.90 Å². The molecule has 2 N–H and O–H groups in total. The minimum absolute atomic E-state index is 0.188. The van der Waals surface area contributed by atoms with E-state index in [9.17, 15) is 9.90 Å². The third-order valence-electron chi connectivity index (χ3n) is 2.28. The van der Waals surface area contributed by atoms with Gasteiger partial charge in [-0.1, -0.05) is 0 Å². The number of carbonyl (C=O) groups is 1. The Morgan fingerprint density at radius 1 is 1.54 bits per heavy atom. The van der Waals surface area contributed by atoms with Crippen LogP contribution in [0.2, 0.25) is 0 Å². The van der Waals surface area contributed by atoms with Crippen LogP contribution in [0.5, 0.6) is 0 Å². The smallest absolute Gasteiger partial charge is 0.247 e. The van der Waals surface area contributed by atoms with Gasteiger partial charge in [0.25, 0.3) is 0 Å². The van der Waals surface area contributed by atoms with Crippen LogP contribution in [0, 0.1) is 13.8 Å². The molecule has 1 rings (SSSR count). The Balaban J connectivity index is 3.45. The van der Waals surface area contributed by atoms with Crippen molar-refractivity contribution in [3.63, 3.8) is 0 Å². The zero-order valence-corrected chi connectivity index (χ0v) is 8.83. The van der Waals surface area contributed by atoms with Gasteiger partial charge in [-0.2, -0.15) is 0 Å². The lowest BCUT2D eigenvalue weighted by molar-refractivity contribution is -0.254. The van der Waals surface area contributed by atoms with E-state index in [-0.39, 0.29) is 16.0 Å². The maximum Gasteiger partial charge on any atom is 0.247 e. The number of carbonyl (C=O) groups excluding carboxylic acids is 1. The van der Waals surface area contributed by atoms with Crippen LogP contribution in [0.15, 0.2) is 0 Å². The lowest BCUT2D eigenvalue weighted by Gasteiger charge is -1.97. The maximum atomic E-state index is 10.8. The third-order valence-corrected chi connectivity index (χ3v) is 4.64. The minimum Gasteiger partial charge on any atom is -0.545 e. The molecule has 0 bridgehead atoms. The van der Waals surface area contributed by atoms with Gasteiger partial charge in [0.2, 0.25) is 5.00 Å². The van der Waals surface area contributed by atoms with E-state index in [1.807, 2.05) is 13.8 Å². The maximum absolute atomic E-state index is 10.8. The van der Waals surface area contributed by atoms with Gasteiger partial charge < -0.3 is 15.6 Å². The lowest BCUT2D eigenvalue weighted by Crippen LogP contribution is -2.23. The summed E-state index contributed by atoms with van der Waals surface area (Å²) >= 11 is 0. The summed E-state index contributed by atoms with van der Waals surface area (Å²) in [6.07, 6.45) is 0. The summed E-state index contributed by atoms with van der Waals surface area (Å²) < 4.78 is 0. The summed E-state index contributed by atoms with van der Waals surface area (Å²) in [5.74, 6) is -0.288. The molecule has 1 aromatic heterocycles. The van der Waals surface area contributed by atoms with Crippen molar-refractivity contribution in [2.24, 2.45) is 0 Å². The van der Waals surface area contributed by atoms with E-state index < -0.39 is 5.97 Å². The van der Waals surface area contributed by atoms with Gasteiger partial charge in [-0.25, -0.2) is 0 Å². The summed E-state index contributed by atoms with van der Waals surface area (Å²) in [6.45, 7) is 5.73. The minimum atomic E-state index is -1.15. The van der Waals surface area contributed by atoms with E-state index in [4.69, 9.17) is 5.73 Å². The molecule has 1 atom stereocenters. The summed E-state index contributed by atoms with van der Waals surface area (Å²) in [6, 6.07) is 0. The van der Waals surface area contributed by atoms with Crippen molar-refractivity contribution in [2.75, 3.05) is 5.73 Å². The summed E-state index contributed by atoms with van der Waals surface area (Å²) in [7, 11) is -0.188. The second kappa shape index (κ2) is 3.38. The number of nitrogen functional groups attached to an aromatic ring is 1. The normalized spacial score (nSPS) is 11.8. The number of hydrogen-bond acceptors (Lipinski definition) is 3. The Kier molecular flexibility index (Phi) is 2.61. The number of rotatable bonds is 2. The van der Waals surface area contributed by atoms with Gasteiger partial charge >= 0.3 is 0 Å². The molecule has 1 aromatic rings. The molecule has 0 radical (unpaired) electrons. The Hall–Kier alpha value is -1.03. The van der Waals surface area contributed by atoms with Crippen molar-refractivity contribution >= 4 is 21.4 Å². The average Bonchev–Trinajstić information content (AvgIpc) is 2.24. The van der Waals surface area contributed by atoms with Gasteiger partial charge in [0.1, 0.15) is 5.75 Å². The molecule has 0 fully saturated rings. The van der Waals surface area contributed by atoms with Gasteiger partial charge in [0.05, 0.1) is 11.5 Å². The van der Waals surface area contributed by atoms with Crippen LogP contribution in [-0.4, -0.2) is 5.97 Å². The largest absolute Gasteiger partial charge is 0.545 e. The molecule has 0 aromatic carbocycles. The molecule has 13 heavy (non-hydrogen) atoms. The number of anilines is 1. The molecule has 4 heteroatoms. The second-order valence-corrected chi connectivity index (χ2v) is 5.30. The quantitative estimate of drug-likeness (QED) is 0.723. The summed E-state index contributed by atoms with van der Waals surface area (Å²) in [4.78, 5) is 11.8. The standard InChI is InChI=1S/C9H13NO2S/c1-4-13-6(3)5(2)7(8(13)10)9(11)12/h4,10H2,1-3H3. The molecule has 1 unspecified atom stereocenters. The first kappa shape index (κ1) is 10.1. The number of thiophene rings is 1. The van der Waals surface area contributed by atoms with Crippen molar-refractivity contribution in [3.05, 3.63) is 16.0 Å². The fraction of sp³-hybridized carbons (Fsp3) is 0.444. The highest BCUT2D eigenvalue weighted by Crippen LogP contribution is 2.40. The first-order valence-corrected chi connectivity index (χ1v) is 5.49. The molecule has 0 amide bonds. The molecule has 0 saturated carbocycles. The van der Waals surface area contributed by atoms with Crippen LogP contribution in [0.1, 0.15) is 27.7 Å². The van der Waals surface area contributed by atoms with Crippen molar-refractivity contribution in [1.82, 2.24) is 0 Å². The molecule has 72 valence electrons. The van der Waals surface area contributed by atoms with Gasteiger partial charge in [-0.3, -0.25) is 0 Å². The van der Waals surface area contributed by atoms with E-state index in [0.717, 1.165) is 16.2 Å². The number of carboxylic acids is 1. The van der Waals surface area contributed by atoms with Gasteiger partial charge in [0.15, 0.2) is 4.88 Å². The van der Waals surface area contributed by atoms with Crippen molar-refractivity contribution in [3.8, 4) is 0 Å². The Morgan fingerprint density at radius 3 is 2.31 bits per heavy atom. The highest BCUT2D eigenvalue weighted by molar-refractivity contribution is 7.34. The van der Waals surface area contributed by atoms with E-state index >= 15 is 0 Å². The van der Waals surface area contributed by atoms with Crippen LogP contribution >= 0.6 is 10.5 Å². The average molecular weight is 199 g/mol. The molecule has 0 saturated heterocycles. The number of carboxylic acid groups (broad SMARTS) is 1. The van der Waals surface area contributed by atoms with Crippen molar-refractivity contribution in [1.29, 1.82) is 0 Å². The zero-order chi connectivity index (χ0) is 10.2. The van der Waals surface area contributed by atoms with E-state index in [1.54, 1.807) is 6.92 Å². The number of nitrogens with two attached hydrogens (primary N) is 1.